The Morgan fingerprint density at radius 3 is 2.70 bits per heavy atom. The summed E-state index contributed by atoms with van der Waals surface area (Å²) in [6.45, 7) is 4.14. The van der Waals surface area contributed by atoms with Crippen molar-refractivity contribution in [2.24, 2.45) is 0 Å². The number of ether oxygens (including phenoxy) is 1. The molecule has 20 heavy (non-hydrogen) atoms. The molecule has 0 bridgehead atoms. The predicted molar refractivity (Wildman–Crippen MR) is 83.0 cm³/mol. The molecule has 2 rings (SSSR count). The summed E-state index contributed by atoms with van der Waals surface area (Å²) < 4.78 is 5.03. The highest BCUT2D eigenvalue weighted by molar-refractivity contribution is 8.00. The van der Waals surface area contributed by atoms with Gasteiger partial charge >= 0.3 is 5.97 Å². The first-order valence-corrected chi connectivity index (χ1v) is 8.01. The predicted octanol–water partition coefficient (Wildman–Crippen LogP) is 3.24. The van der Waals surface area contributed by atoms with Gasteiger partial charge in [-0.1, -0.05) is 18.2 Å². The van der Waals surface area contributed by atoms with E-state index in [1.54, 1.807) is 0 Å². The van der Waals surface area contributed by atoms with E-state index < -0.39 is 5.54 Å². The molecule has 4 heteroatoms. The number of esters is 1. The molecule has 0 aliphatic heterocycles. The van der Waals surface area contributed by atoms with Crippen LogP contribution in [0.5, 0.6) is 0 Å². The minimum absolute atomic E-state index is 0.123. The Hall–Kier alpha value is -1.00. The largest absolute Gasteiger partial charge is 0.468 e. The Bertz CT molecular complexity index is 449. The second-order valence-electron chi connectivity index (χ2n) is 5.67. The molecule has 1 fully saturated rings. The maximum Gasteiger partial charge on any atom is 0.326 e. The van der Waals surface area contributed by atoms with Crippen molar-refractivity contribution in [1.29, 1.82) is 0 Å². The number of carbonyl (C=O) groups is 1. The summed E-state index contributed by atoms with van der Waals surface area (Å²) in [6.07, 6.45) is 2.72. The first-order valence-electron chi connectivity index (χ1n) is 7.13. The van der Waals surface area contributed by atoms with E-state index in [0.717, 1.165) is 19.3 Å². The summed E-state index contributed by atoms with van der Waals surface area (Å²) in [4.78, 5) is 13.4. The summed E-state index contributed by atoms with van der Waals surface area (Å²) >= 11 is 1.86. The van der Waals surface area contributed by atoms with Crippen molar-refractivity contribution in [3.8, 4) is 0 Å². The number of hydrogen-bond donors (Lipinski definition) is 1. The molecule has 1 N–H and O–H groups in total. The Morgan fingerprint density at radius 1 is 1.40 bits per heavy atom. The lowest BCUT2D eigenvalue weighted by molar-refractivity contribution is -0.148. The minimum atomic E-state index is -0.505. The zero-order valence-corrected chi connectivity index (χ0v) is 13.2. The van der Waals surface area contributed by atoms with Gasteiger partial charge in [0.2, 0.25) is 0 Å². The number of thioether (sulfide) groups is 1. The highest BCUT2D eigenvalue weighted by atomic mass is 32.2. The van der Waals surface area contributed by atoms with Crippen LogP contribution in [0.2, 0.25) is 0 Å². The van der Waals surface area contributed by atoms with Crippen molar-refractivity contribution >= 4 is 17.7 Å². The van der Waals surface area contributed by atoms with Crippen molar-refractivity contribution < 1.29 is 9.53 Å². The van der Waals surface area contributed by atoms with Gasteiger partial charge < -0.3 is 4.74 Å². The molecule has 1 saturated carbocycles. The van der Waals surface area contributed by atoms with Crippen LogP contribution in [0.1, 0.15) is 33.1 Å². The first kappa shape index (κ1) is 15.4. The number of carbonyl (C=O) groups excluding carboxylic acids is 1. The van der Waals surface area contributed by atoms with E-state index in [9.17, 15) is 4.79 Å². The summed E-state index contributed by atoms with van der Waals surface area (Å²) in [5, 5.41) is 3.89. The standard InChI is InChI=1S/C16H23NO2S/c1-12(2)17-16(15(18)19-3)10-9-14(11-16)20-13-7-5-4-6-8-13/h4-8,12,14,17H,9-11H2,1-3H3. The third-order valence-electron chi connectivity index (χ3n) is 3.66. The van der Waals surface area contributed by atoms with E-state index in [0.29, 0.717) is 5.25 Å². The van der Waals surface area contributed by atoms with Crippen molar-refractivity contribution in [2.45, 2.75) is 54.8 Å². The number of nitrogens with one attached hydrogen (secondary N) is 1. The quantitative estimate of drug-likeness (QED) is 0.846. The average Bonchev–Trinajstić information content (AvgIpc) is 2.82. The highest BCUT2D eigenvalue weighted by Crippen LogP contribution is 2.41. The van der Waals surface area contributed by atoms with Crippen LogP contribution < -0.4 is 5.32 Å². The second kappa shape index (κ2) is 6.64. The van der Waals surface area contributed by atoms with E-state index in [4.69, 9.17) is 4.74 Å². The van der Waals surface area contributed by atoms with Gasteiger partial charge in [-0.25, -0.2) is 0 Å². The molecule has 1 aliphatic carbocycles. The second-order valence-corrected chi connectivity index (χ2v) is 7.04. The van der Waals surface area contributed by atoms with E-state index in [-0.39, 0.29) is 12.0 Å². The van der Waals surface area contributed by atoms with Crippen LogP contribution in [-0.2, 0) is 9.53 Å². The van der Waals surface area contributed by atoms with Crippen LogP contribution in [0.4, 0.5) is 0 Å². The molecule has 2 unspecified atom stereocenters. The third kappa shape index (κ3) is 3.55. The van der Waals surface area contributed by atoms with Gasteiger partial charge in [-0.3, -0.25) is 10.1 Å². The summed E-state index contributed by atoms with van der Waals surface area (Å²) in [5.41, 5.74) is -0.505. The van der Waals surface area contributed by atoms with Crippen LogP contribution in [0.3, 0.4) is 0 Å². The fraction of sp³-hybridized carbons (Fsp3) is 0.562. The van der Waals surface area contributed by atoms with Crippen LogP contribution >= 0.6 is 11.8 Å². The van der Waals surface area contributed by atoms with E-state index >= 15 is 0 Å². The molecule has 2 atom stereocenters. The maximum atomic E-state index is 12.2. The number of methoxy groups -OCH3 is 1. The molecule has 110 valence electrons. The van der Waals surface area contributed by atoms with Crippen LogP contribution in [0, 0.1) is 0 Å². The molecular weight excluding hydrogens is 270 g/mol. The van der Waals surface area contributed by atoms with Gasteiger partial charge in [0.05, 0.1) is 7.11 Å². The summed E-state index contributed by atoms with van der Waals surface area (Å²) in [5.74, 6) is -0.123. The van der Waals surface area contributed by atoms with Crippen molar-refractivity contribution in [2.75, 3.05) is 7.11 Å². The molecule has 3 nitrogen and oxygen atoms in total. The maximum absolute atomic E-state index is 12.2. The molecule has 1 aliphatic rings. The fourth-order valence-electron chi connectivity index (χ4n) is 2.92. The monoisotopic (exact) mass is 293 g/mol. The number of rotatable bonds is 5. The topological polar surface area (TPSA) is 38.3 Å². The molecule has 0 heterocycles. The van der Waals surface area contributed by atoms with Gasteiger partial charge in [0, 0.05) is 16.2 Å². The molecule has 0 aromatic heterocycles. The molecule has 0 spiro atoms. The first-order chi connectivity index (χ1) is 9.55. The number of benzene rings is 1. The normalized spacial score (nSPS) is 25.9. The Balaban J connectivity index is 2.05. The van der Waals surface area contributed by atoms with Crippen LogP contribution in [0.15, 0.2) is 35.2 Å². The molecule has 0 saturated heterocycles. The Labute approximate surface area is 125 Å². The Kier molecular flexibility index (Phi) is 5.11. The van der Waals surface area contributed by atoms with Crippen molar-refractivity contribution in [3.63, 3.8) is 0 Å². The van der Waals surface area contributed by atoms with Gasteiger partial charge in [0.1, 0.15) is 5.54 Å². The fourth-order valence-corrected chi connectivity index (χ4v) is 4.22. The van der Waals surface area contributed by atoms with Gasteiger partial charge in [-0.05, 0) is 45.2 Å². The van der Waals surface area contributed by atoms with Crippen molar-refractivity contribution in [3.05, 3.63) is 30.3 Å². The number of hydrogen-bond acceptors (Lipinski definition) is 4. The molecule has 1 aromatic carbocycles. The summed E-state index contributed by atoms with van der Waals surface area (Å²) in [6, 6.07) is 10.7. The lowest BCUT2D eigenvalue weighted by atomic mass is 9.96. The van der Waals surface area contributed by atoms with Crippen molar-refractivity contribution in [1.82, 2.24) is 5.32 Å². The molecule has 0 amide bonds. The third-order valence-corrected chi connectivity index (χ3v) is 4.94. The smallest absolute Gasteiger partial charge is 0.326 e. The van der Waals surface area contributed by atoms with Gasteiger partial charge in [-0.2, -0.15) is 0 Å². The average molecular weight is 293 g/mol. The van der Waals surface area contributed by atoms with Crippen LogP contribution in [0.25, 0.3) is 0 Å². The molecule has 1 aromatic rings. The zero-order chi connectivity index (χ0) is 14.6. The highest BCUT2D eigenvalue weighted by Gasteiger charge is 2.46. The SMILES string of the molecule is COC(=O)C1(NC(C)C)CCC(Sc2ccccc2)C1. The van der Waals surface area contributed by atoms with Gasteiger partial charge in [0.15, 0.2) is 0 Å². The lowest BCUT2D eigenvalue weighted by Gasteiger charge is -2.30. The van der Waals surface area contributed by atoms with E-state index in [2.05, 4.69) is 43.4 Å². The minimum Gasteiger partial charge on any atom is -0.468 e. The Morgan fingerprint density at radius 2 is 2.10 bits per heavy atom. The van der Waals surface area contributed by atoms with Gasteiger partial charge in [-0.15, -0.1) is 11.8 Å². The van der Waals surface area contributed by atoms with E-state index in [1.807, 2.05) is 17.8 Å². The van der Waals surface area contributed by atoms with Gasteiger partial charge in [0.25, 0.3) is 0 Å². The molecular formula is C16H23NO2S. The zero-order valence-electron chi connectivity index (χ0n) is 12.4. The lowest BCUT2D eigenvalue weighted by Crippen LogP contribution is -2.53. The summed E-state index contributed by atoms with van der Waals surface area (Å²) in [7, 11) is 1.48. The van der Waals surface area contributed by atoms with E-state index in [1.165, 1.54) is 12.0 Å². The molecule has 0 radical (unpaired) electrons. The van der Waals surface area contributed by atoms with Crippen LogP contribution in [-0.4, -0.2) is 29.9 Å².